The highest BCUT2D eigenvalue weighted by atomic mass is 32.2. The van der Waals surface area contributed by atoms with E-state index in [1.807, 2.05) is 12.1 Å². The maximum absolute atomic E-state index is 14.3. The number of sulfonamides is 1. The van der Waals surface area contributed by atoms with Crippen molar-refractivity contribution in [2.45, 2.75) is 94.9 Å². The predicted octanol–water partition coefficient (Wildman–Crippen LogP) is 1.71. The molecule has 4 aliphatic rings. The van der Waals surface area contributed by atoms with Gasteiger partial charge in [-0.25, -0.2) is 8.42 Å². The summed E-state index contributed by atoms with van der Waals surface area (Å²) in [6.07, 6.45) is 9.24. The number of nitrogens with one attached hydrogen (secondary N) is 3. The normalized spacial score (nSPS) is 28.4. The Kier molecular flexibility index (Phi) is 9.06. The monoisotopic (exact) mass is 587 g/mol. The second-order valence-corrected chi connectivity index (χ2v) is 14.3. The van der Waals surface area contributed by atoms with Gasteiger partial charge in [-0.3, -0.25) is 14.4 Å². The first kappa shape index (κ1) is 30.0. The zero-order valence-electron chi connectivity index (χ0n) is 24.5. The molecule has 11 heteroatoms. The summed E-state index contributed by atoms with van der Waals surface area (Å²) in [4.78, 5) is 42.9. The Morgan fingerprint density at radius 2 is 1.73 bits per heavy atom. The number of fused-ring (bicyclic) bond motifs is 2. The SMILES string of the molecule is CN[C@H](C)C(=O)N[C@H](C(=O)N1CC[C@@H]2[C@H]1[C@@H](C(=O)N[C@H]1CCCc3ccccc31)CN2S(C)(=O)=O)C1CCCCC1. The van der Waals surface area contributed by atoms with Crippen molar-refractivity contribution >= 4 is 27.7 Å². The molecule has 10 nitrogen and oxygen atoms in total. The highest BCUT2D eigenvalue weighted by Crippen LogP contribution is 2.39. The number of nitrogens with zero attached hydrogens (tertiary/aromatic N) is 2. The summed E-state index contributed by atoms with van der Waals surface area (Å²) >= 11 is 0. The van der Waals surface area contributed by atoms with E-state index in [0.29, 0.717) is 13.0 Å². The van der Waals surface area contributed by atoms with Crippen LogP contribution in [0, 0.1) is 11.8 Å². The van der Waals surface area contributed by atoms with Crippen molar-refractivity contribution < 1.29 is 22.8 Å². The number of carbonyl (C=O) groups excluding carboxylic acids is 3. The molecule has 3 N–H and O–H groups in total. The van der Waals surface area contributed by atoms with Gasteiger partial charge in [0.15, 0.2) is 0 Å². The summed E-state index contributed by atoms with van der Waals surface area (Å²) in [7, 11) is -1.88. The Morgan fingerprint density at radius 3 is 2.44 bits per heavy atom. The van der Waals surface area contributed by atoms with Crippen LogP contribution in [0.2, 0.25) is 0 Å². The van der Waals surface area contributed by atoms with Crippen LogP contribution in [0.4, 0.5) is 0 Å². The smallest absolute Gasteiger partial charge is 0.245 e. The number of amides is 3. The van der Waals surface area contributed by atoms with Gasteiger partial charge >= 0.3 is 0 Å². The van der Waals surface area contributed by atoms with Crippen LogP contribution in [-0.4, -0.2) is 85.9 Å². The first-order chi connectivity index (χ1) is 19.6. The van der Waals surface area contributed by atoms with E-state index in [1.54, 1.807) is 18.9 Å². The maximum atomic E-state index is 14.3. The zero-order chi connectivity index (χ0) is 29.3. The quantitative estimate of drug-likeness (QED) is 0.425. The Bertz CT molecular complexity index is 1250. The summed E-state index contributed by atoms with van der Waals surface area (Å²) in [6.45, 7) is 2.17. The summed E-state index contributed by atoms with van der Waals surface area (Å²) < 4.78 is 27.1. The molecule has 3 fully saturated rings. The van der Waals surface area contributed by atoms with E-state index < -0.39 is 40.1 Å². The minimum atomic E-state index is -3.59. The van der Waals surface area contributed by atoms with Crippen molar-refractivity contribution in [1.29, 1.82) is 0 Å². The first-order valence-electron chi connectivity index (χ1n) is 15.2. The molecule has 1 aromatic rings. The van der Waals surface area contributed by atoms with Crippen LogP contribution in [0.5, 0.6) is 0 Å². The summed E-state index contributed by atoms with van der Waals surface area (Å²) in [5.41, 5.74) is 2.34. The molecule has 2 saturated heterocycles. The van der Waals surface area contributed by atoms with Gasteiger partial charge in [-0.05, 0) is 69.5 Å². The lowest BCUT2D eigenvalue weighted by atomic mass is 9.83. The number of rotatable bonds is 8. The van der Waals surface area contributed by atoms with Crippen LogP contribution in [0.15, 0.2) is 24.3 Å². The van der Waals surface area contributed by atoms with Crippen LogP contribution in [0.3, 0.4) is 0 Å². The molecule has 1 aromatic carbocycles. The van der Waals surface area contributed by atoms with Gasteiger partial charge in [0.05, 0.1) is 30.3 Å². The Labute approximate surface area is 244 Å². The number of hydrogen-bond acceptors (Lipinski definition) is 6. The van der Waals surface area contributed by atoms with Crippen LogP contribution < -0.4 is 16.0 Å². The average Bonchev–Trinajstić information content (AvgIpc) is 3.56. The van der Waals surface area contributed by atoms with Gasteiger partial charge in [0.1, 0.15) is 6.04 Å². The third-order valence-corrected chi connectivity index (χ3v) is 11.1. The van der Waals surface area contributed by atoms with Crippen molar-refractivity contribution in [3.63, 3.8) is 0 Å². The van der Waals surface area contributed by atoms with Gasteiger partial charge in [-0.15, -0.1) is 0 Å². The van der Waals surface area contributed by atoms with Crippen LogP contribution in [-0.2, 0) is 30.8 Å². The molecule has 3 amide bonds. The van der Waals surface area contributed by atoms with Crippen molar-refractivity contribution in [2.24, 2.45) is 11.8 Å². The highest BCUT2D eigenvalue weighted by Gasteiger charge is 2.56. The van der Waals surface area contributed by atoms with Gasteiger partial charge in [0, 0.05) is 19.1 Å². The number of benzene rings is 1. The van der Waals surface area contributed by atoms with E-state index in [1.165, 1.54) is 16.1 Å². The molecule has 1 saturated carbocycles. The zero-order valence-corrected chi connectivity index (χ0v) is 25.3. The third-order valence-electron chi connectivity index (χ3n) is 9.82. The number of likely N-dealkylation sites (tertiary alicyclic amines) is 1. The van der Waals surface area contributed by atoms with Crippen molar-refractivity contribution in [2.75, 3.05) is 26.4 Å². The minimum absolute atomic E-state index is 0.0155. The number of hydrogen-bond donors (Lipinski definition) is 3. The van der Waals surface area contributed by atoms with E-state index in [2.05, 4.69) is 28.1 Å². The number of carbonyl (C=O) groups is 3. The number of aryl methyl sites for hydroxylation is 1. The number of likely N-dealkylation sites (N-methyl/N-ethyl adjacent to an activating group) is 1. The lowest BCUT2D eigenvalue weighted by Crippen LogP contribution is -2.58. The van der Waals surface area contributed by atoms with Crippen LogP contribution >= 0.6 is 0 Å². The molecule has 0 bridgehead atoms. The largest absolute Gasteiger partial charge is 0.349 e. The Morgan fingerprint density at radius 1 is 1.00 bits per heavy atom. The topological polar surface area (TPSA) is 128 Å². The third kappa shape index (κ3) is 6.17. The molecule has 226 valence electrons. The highest BCUT2D eigenvalue weighted by molar-refractivity contribution is 7.88. The molecule has 2 aliphatic heterocycles. The molecule has 41 heavy (non-hydrogen) atoms. The molecule has 6 atom stereocenters. The van der Waals surface area contributed by atoms with Gasteiger partial charge in [0.25, 0.3) is 0 Å². The molecular formula is C30H45N5O5S. The summed E-state index contributed by atoms with van der Waals surface area (Å²) in [6, 6.07) is 5.82. The second kappa shape index (κ2) is 12.4. The molecule has 0 aromatic heterocycles. The lowest BCUT2D eigenvalue weighted by molar-refractivity contribution is -0.141. The first-order valence-corrected chi connectivity index (χ1v) is 17.1. The van der Waals surface area contributed by atoms with E-state index in [4.69, 9.17) is 0 Å². The molecule has 0 unspecified atom stereocenters. The lowest BCUT2D eigenvalue weighted by Gasteiger charge is -2.36. The second-order valence-electron chi connectivity index (χ2n) is 12.4. The van der Waals surface area contributed by atoms with Gasteiger partial charge in [0.2, 0.25) is 27.7 Å². The fraction of sp³-hybridized carbons (Fsp3) is 0.700. The van der Waals surface area contributed by atoms with Crippen LogP contribution in [0.1, 0.15) is 75.5 Å². The molecule has 2 heterocycles. The standard InChI is InChI=1S/C30H45N5O5S/c1-19(31-2)28(36)33-26(21-11-5-4-6-12-21)30(38)34-17-16-25-27(34)23(18-35(25)41(3,39)40)29(37)32-24-15-9-13-20-10-7-8-14-22(20)24/h7-8,10,14,19,21,23-27,31H,4-6,9,11-13,15-18H2,1-3H3,(H,32,37)(H,33,36)/t19-,23+,24+,25-,26+,27-/m1/s1. The van der Waals surface area contributed by atoms with Gasteiger partial charge < -0.3 is 20.9 Å². The minimum Gasteiger partial charge on any atom is -0.349 e. The average molecular weight is 588 g/mol. The summed E-state index contributed by atoms with van der Waals surface area (Å²) in [5, 5.41) is 9.21. The van der Waals surface area contributed by atoms with Crippen molar-refractivity contribution in [1.82, 2.24) is 25.2 Å². The van der Waals surface area contributed by atoms with E-state index >= 15 is 0 Å². The summed E-state index contributed by atoms with van der Waals surface area (Å²) in [5.74, 6) is -1.32. The molecule has 5 rings (SSSR count). The van der Waals surface area contributed by atoms with Crippen LogP contribution in [0.25, 0.3) is 0 Å². The predicted molar refractivity (Wildman–Crippen MR) is 156 cm³/mol. The van der Waals surface area contributed by atoms with Gasteiger partial charge in [-0.2, -0.15) is 4.31 Å². The molecular weight excluding hydrogens is 542 g/mol. The van der Waals surface area contributed by atoms with E-state index in [0.717, 1.165) is 56.9 Å². The fourth-order valence-electron chi connectivity index (χ4n) is 7.53. The molecule has 0 radical (unpaired) electrons. The van der Waals surface area contributed by atoms with Gasteiger partial charge in [-0.1, -0.05) is 43.5 Å². The fourth-order valence-corrected chi connectivity index (χ4v) is 8.69. The van der Waals surface area contributed by atoms with Crippen molar-refractivity contribution in [3.8, 4) is 0 Å². The molecule has 0 spiro atoms. The Hall–Kier alpha value is -2.50. The van der Waals surface area contributed by atoms with Crippen molar-refractivity contribution in [3.05, 3.63) is 35.4 Å². The Balaban J connectivity index is 1.41. The molecule has 2 aliphatic carbocycles. The van der Waals surface area contributed by atoms with E-state index in [-0.39, 0.29) is 36.2 Å². The maximum Gasteiger partial charge on any atom is 0.245 e. The van der Waals surface area contributed by atoms with E-state index in [9.17, 15) is 22.8 Å².